The number of anilines is 1. The van der Waals surface area contributed by atoms with Crippen molar-refractivity contribution in [1.82, 2.24) is 0 Å². The van der Waals surface area contributed by atoms with Gasteiger partial charge in [-0.05, 0) is 43.2 Å². The Bertz CT molecular complexity index is 611. The number of nitrogens with two attached hydrogens (primary N) is 1. The maximum absolute atomic E-state index is 14.3. The predicted molar refractivity (Wildman–Crippen MR) is 87.3 cm³/mol. The zero-order valence-corrected chi connectivity index (χ0v) is 13.2. The van der Waals surface area contributed by atoms with E-state index >= 15 is 0 Å². The molecule has 2 nitrogen and oxygen atoms in total. The average Bonchev–Trinajstić information content (AvgIpc) is 2.46. The van der Waals surface area contributed by atoms with E-state index in [1.54, 1.807) is 6.07 Å². The van der Waals surface area contributed by atoms with Crippen LogP contribution >= 0.6 is 11.6 Å². The Kier molecular flexibility index (Phi) is 4.86. The SMILES string of the molecule is CC(c1ccc(Cl)cc1)N(C)c1c(F)cccc1[C@@H](C)N. The number of rotatable bonds is 4. The molecule has 1 unspecified atom stereocenters. The molecular formula is C17H20ClFN2. The molecule has 4 heteroatoms. The van der Waals surface area contributed by atoms with E-state index in [4.69, 9.17) is 17.3 Å². The van der Waals surface area contributed by atoms with Crippen molar-refractivity contribution in [2.75, 3.05) is 11.9 Å². The average molecular weight is 307 g/mol. The molecule has 0 heterocycles. The maximum atomic E-state index is 14.3. The summed E-state index contributed by atoms with van der Waals surface area (Å²) in [4.78, 5) is 1.91. The summed E-state index contributed by atoms with van der Waals surface area (Å²) in [6.07, 6.45) is 0. The van der Waals surface area contributed by atoms with Gasteiger partial charge < -0.3 is 10.6 Å². The second-order valence-corrected chi connectivity index (χ2v) is 5.74. The fraction of sp³-hybridized carbons (Fsp3) is 0.294. The maximum Gasteiger partial charge on any atom is 0.146 e. The number of halogens is 2. The first kappa shape index (κ1) is 15.8. The molecule has 21 heavy (non-hydrogen) atoms. The van der Waals surface area contributed by atoms with Crippen molar-refractivity contribution in [3.05, 3.63) is 64.4 Å². The Morgan fingerprint density at radius 2 is 1.71 bits per heavy atom. The molecular weight excluding hydrogens is 287 g/mol. The zero-order chi connectivity index (χ0) is 15.6. The van der Waals surface area contributed by atoms with Gasteiger partial charge in [-0.1, -0.05) is 35.9 Å². The molecule has 0 spiro atoms. The minimum atomic E-state index is -0.256. The van der Waals surface area contributed by atoms with Crippen molar-refractivity contribution in [2.45, 2.75) is 25.9 Å². The van der Waals surface area contributed by atoms with Gasteiger partial charge in [0, 0.05) is 18.1 Å². The summed E-state index contributed by atoms with van der Waals surface area (Å²) in [6, 6.07) is 12.4. The van der Waals surface area contributed by atoms with Crippen LogP contribution in [0.2, 0.25) is 5.02 Å². The minimum Gasteiger partial charge on any atom is -0.365 e. The summed E-state index contributed by atoms with van der Waals surface area (Å²) in [6.45, 7) is 3.89. The van der Waals surface area contributed by atoms with Gasteiger partial charge in [0.25, 0.3) is 0 Å². The summed E-state index contributed by atoms with van der Waals surface area (Å²) in [5.74, 6) is -0.256. The van der Waals surface area contributed by atoms with Crippen LogP contribution in [0.1, 0.15) is 37.1 Å². The van der Waals surface area contributed by atoms with E-state index in [-0.39, 0.29) is 17.9 Å². The molecule has 2 N–H and O–H groups in total. The van der Waals surface area contributed by atoms with E-state index in [9.17, 15) is 4.39 Å². The lowest BCUT2D eigenvalue weighted by atomic mass is 10.0. The van der Waals surface area contributed by atoms with E-state index < -0.39 is 0 Å². The quantitative estimate of drug-likeness (QED) is 0.887. The number of para-hydroxylation sites is 1. The second-order valence-electron chi connectivity index (χ2n) is 5.30. The van der Waals surface area contributed by atoms with E-state index in [0.717, 1.165) is 11.1 Å². The first-order chi connectivity index (χ1) is 9.91. The third-order valence-corrected chi connectivity index (χ3v) is 4.05. The van der Waals surface area contributed by atoms with Crippen molar-refractivity contribution >= 4 is 17.3 Å². The Labute approximate surface area is 130 Å². The van der Waals surface area contributed by atoms with Crippen LogP contribution in [0.4, 0.5) is 10.1 Å². The normalized spacial score (nSPS) is 13.8. The number of hydrogen-bond donors (Lipinski definition) is 1. The summed E-state index contributed by atoms with van der Waals surface area (Å²) in [5, 5.41) is 0.691. The number of hydrogen-bond acceptors (Lipinski definition) is 2. The first-order valence-corrected chi connectivity index (χ1v) is 7.32. The highest BCUT2D eigenvalue weighted by molar-refractivity contribution is 6.30. The summed E-state index contributed by atoms with van der Waals surface area (Å²) < 4.78 is 14.3. The number of nitrogens with zero attached hydrogens (tertiary/aromatic N) is 1. The van der Waals surface area contributed by atoms with Crippen molar-refractivity contribution in [3.8, 4) is 0 Å². The molecule has 2 aromatic carbocycles. The van der Waals surface area contributed by atoms with Gasteiger partial charge in [-0.15, -0.1) is 0 Å². The standard InChI is InChI=1S/C17H20ClFN2/c1-11(20)15-5-4-6-16(19)17(15)21(3)12(2)13-7-9-14(18)10-8-13/h4-12H,20H2,1-3H3/t11-,12?/m1/s1. The van der Waals surface area contributed by atoms with Crippen molar-refractivity contribution in [2.24, 2.45) is 5.73 Å². The lowest BCUT2D eigenvalue weighted by Crippen LogP contribution is -2.25. The van der Waals surface area contributed by atoms with Crippen LogP contribution in [0.5, 0.6) is 0 Å². The van der Waals surface area contributed by atoms with Gasteiger partial charge >= 0.3 is 0 Å². The highest BCUT2D eigenvalue weighted by atomic mass is 35.5. The fourth-order valence-corrected chi connectivity index (χ4v) is 2.56. The lowest BCUT2D eigenvalue weighted by Gasteiger charge is -2.30. The molecule has 0 saturated heterocycles. The smallest absolute Gasteiger partial charge is 0.146 e. The van der Waals surface area contributed by atoms with E-state index in [1.807, 2.05) is 56.1 Å². The third-order valence-electron chi connectivity index (χ3n) is 3.79. The third kappa shape index (κ3) is 3.36. The second kappa shape index (κ2) is 6.46. The largest absolute Gasteiger partial charge is 0.365 e. The van der Waals surface area contributed by atoms with Crippen LogP contribution in [0.3, 0.4) is 0 Å². The highest BCUT2D eigenvalue weighted by Gasteiger charge is 2.20. The molecule has 2 aromatic rings. The lowest BCUT2D eigenvalue weighted by molar-refractivity contribution is 0.604. The van der Waals surface area contributed by atoms with Crippen LogP contribution in [-0.2, 0) is 0 Å². The summed E-state index contributed by atoms with van der Waals surface area (Å²) in [5.41, 5.74) is 8.39. The molecule has 2 rings (SSSR count). The van der Waals surface area contributed by atoms with Gasteiger partial charge in [-0.2, -0.15) is 0 Å². The Morgan fingerprint density at radius 3 is 2.29 bits per heavy atom. The van der Waals surface area contributed by atoms with Gasteiger partial charge in [-0.3, -0.25) is 0 Å². The van der Waals surface area contributed by atoms with Crippen LogP contribution in [-0.4, -0.2) is 7.05 Å². The van der Waals surface area contributed by atoms with Gasteiger partial charge in [0.2, 0.25) is 0 Å². The molecule has 112 valence electrons. The fourth-order valence-electron chi connectivity index (χ4n) is 2.43. The number of benzene rings is 2. The van der Waals surface area contributed by atoms with Crippen LogP contribution < -0.4 is 10.6 Å². The summed E-state index contributed by atoms with van der Waals surface area (Å²) >= 11 is 5.91. The van der Waals surface area contributed by atoms with E-state index in [2.05, 4.69) is 0 Å². The highest BCUT2D eigenvalue weighted by Crippen LogP contribution is 2.33. The monoisotopic (exact) mass is 306 g/mol. The van der Waals surface area contributed by atoms with Crippen LogP contribution in [0.25, 0.3) is 0 Å². The van der Waals surface area contributed by atoms with Crippen LogP contribution in [0, 0.1) is 5.82 Å². The van der Waals surface area contributed by atoms with Gasteiger partial charge in [-0.25, -0.2) is 4.39 Å². The molecule has 0 aliphatic carbocycles. The van der Waals surface area contributed by atoms with Gasteiger partial charge in [0.05, 0.1) is 11.7 Å². The van der Waals surface area contributed by atoms with Crippen LogP contribution in [0.15, 0.2) is 42.5 Å². The molecule has 0 fully saturated rings. The first-order valence-electron chi connectivity index (χ1n) is 6.94. The Hall–Kier alpha value is -1.58. The summed E-state index contributed by atoms with van der Waals surface area (Å²) in [7, 11) is 1.88. The Balaban J connectivity index is 2.39. The molecule has 0 aromatic heterocycles. The van der Waals surface area contributed by atoms with E-state index in [0.29, 0.717) is 10.7 Å². The van der Waals surface area contributed by atoms with Crippen molar-refractivity contribution in [3.63, 3.8) is 0 Å². The van der Waals surface area contributed by atoms with Crippen molar-refractivity contribution in [1.29, 1.82) is 0 Å². The minimum absolute atomic E-state index is 0.0108. The zero-order valence-electron chi connectivity index (χ0n) is 12.5. The molecule has 0 amide bonds. The Morgan fingerprint density at radius 1 is 1.10 bits per heavy atom. The molecule has 0 radical (unpaired) electrons. The molecule has 0 aliphatic rings. The van der Waals surface area contributed by atoms with E-state index in [1.165, 1.54) is 6.07 Å². The molecule has 0 bridgehead atoms. The molecule has 2 atom stereocenters. The van der Waals surface area contributed by atoms with Crippen molar-refractivity contribution < 1.29 is 4.39 Å². The molecule has 0 saturated carbocycles. The van der Waals surface area contributed by atoms with Gasteiger partial charge in [0.1, 0.15) is 5.82 Å². The molecule has 0 aliphatic heterocycles. The van der Waals surface area contributed by atoms with Gasteiger partial charge in [0.15, 0.2) is 0 Å². The topological polar surface area (TPSA) is 29.3 Å². The predicted octanol–water partition coefficient (Wildman–Crippen LogP) is 4.70.